The van der Waals surface area contributed by atoms with Gasteiger partial charge in [-0.3, -0.25) is 0 Å². The molecule has 1 N–H and O–H groups in total. The van der Waals surface area contributed by atoms with Crippen molar-refractivity contribution in [3.05, 3.63) is 47.3 Å². The normalized spacial score (nSPS) is 12.9. The summed E-state index contributed by atoms with van der Waals surface area (Å²) in [7, 11) is 0. The number of aliphatic hydroxyl groups is 1. The minimum atomic E-state index is -0.912. The number of aromatic nitrogens is 3. The first kappa shape index (κ1) is 14.7. The fourth-order valence-corrected chi connectivity index (χ4v) is 2.15. The van der Waals surface area contributed by atoms with Crippen LogP contribution in [0.3, 0.4) is 0 Å². The Morgan fingerprint density at radius 3 is 2.80 bits per heavy atom. The molecule has 0 amide bonds. The van der Waals surface area contributed by atoms with Crippen LogP contribution in [-0.4, -0.2) is 19.9 Å². The molecule has 0 saturated carbocycles. The van der Waals surface area contributed by atoms with E-state index in [1.807, 2.05) is 0 Å². The van der Waals surface area contributed by atoms with Gasteiger partial charge in [-0.25, -0.2) is 14.1 Å². The van der Waals surface area contributed by atoms with Gasteiger partial charge in [-0.1, -0.05) is 32.0 Å². The van der Waals surface area contributed by atoms with Crippen molar-refractivity contribution in [3.8, 4) is 0 Å². The maximum Gasteiger partial charge on any atom is 0.138 e. The van der Waals surface area contributed by atoms with E-state index in [1.165, 1.54) is 6.33 Å². The van der Waals surface area contributed by atoms with Gasteiger partial charge in [0, 0.05) is 18.5 Å². The maximum atomic E-state index is 14.0. The third-order valence-electron chi connectivity index (χ3n) is 3.19. The Kier molecular flexibility index (Phi) is 4.49. The Bertz CT molecular complexity index is 580. The van der Waals surface area contributed by atoms with E-state index in [-0.39, 0.29) is 12.2 Å². The van der Waals surface area contributed by atoms with Crippen molar-refractivity contribution in [3.63, 3.8) is 0 Å². The van der Waals surface area contributed by atoms with E-state index in [4.69, 9.17) is 0 Å². The van der Waals surface area contributed by atoms with Gasteiger partial charge in [0.05, 0.1) is 6.10 Å². The zero-order valence-electron chi connectivity index (χ0n) is 12.0. The van der Waals surface area contributed by atoms with Crippen molar-refractivity contribution in [1.29, 1.82) is 0 Å². The van der Waals surface area contributed by atoms with Crippen molar-refractivity contribution in [2.24, 2.45) is 5.92 Å². The van der Waals surface area contributed by atoms with Crippen LogP contribution in [0.5, 0.6) is 0 Å². The fourth-order valence-electron chi connectivity index (χ4n) is 2.15. The van der Waals surface area contributed by atoms with E-state index in [9.17, 15) is 9.50 Å². The van der Waals surface area contributed by atoms with Gasteiger partial charge in [0.1, 0.15) is 18.0 Å². The van der Waals surface area contributed by atoms with Crippen LogP contribution in [0.4, 0.5) is 4.39 Å². The van der Waals surface area contributed by atoms with Gasteiger partial charge in [0.15, 0.2) is 0 Å². The standard InChI is InChI=1S/C15H20FN3O/c1-10(2)8-19-14(17-9-18-19)7-13(20)12-6-4-5-11(3)15(12)16/h4-6,9-10,13,20H,7-8H2,1-3H3. The summed E-state index contributed by atoms with van der Waals surface area (Å²) in [5, 5.41) is 14.4. The number of benzene rings is 1. The van der Waals surface area contributed by atoms with Crippen molar-refractivity contribution in [2.75, 3.05) is 0 Å². The summed E-state index contributed by atoms with van der Waals surface area (Å²) in [5.41, 5.74) is 0.842. The lowest BCUT2D eigenvalue weighted by molar-refractivity contribution is 0.168. The largest absolute Gasteiger partial charge is 0.388 e. The molecule has 1 aromatic heterocycles. The second-order valence-electron chi connectivity index (χ2n) is 5.45. The predicted molar refractivity (Wildman–Crippen MR) is 74.7 cm³/mol. The second-order valence-corrected chi connectivity index (χ2v) is 5.45. The maximum absolute atomic E-state index is 14.0. The van der Waals surface area contributed by atoms with E-state index in [0.717, 1.165) is 6.54 Å². The second kappa shape index (κ2) is 6.13. The quantitative estimate of drug-likeness (QED) is 0.914. The molecule has 1 heterocycles. The number of hydrogen-bond acceptors (Lipinski definition) is 3. The van der Waals surface area contributed by atoms with Crippen LogP contribution in [0.2, 0.25) is 0 Å². The van der Waals surface area contributed by atoms with Gasteiger partial charge in [-0.2, -0.15) is 5.10 Å². The summed E-state index contributed by atoms with van der Waals surface area (Å²) < 4.78 is 15.8. The van der Waals surface area contributed by atoms with E-state index in [2.05, 4.69) is 23.9 Å². The van der Waals surface area contributed by atoms with Crippen LogP contribution in [0.25, 0.3) is 0 Å². The number of aliphatic hydroxyl groups excluding tert-OH is 1. The number of halogens is 1. The summed E-state index contributed by atoms with van der Waals surface area (Å²) in [4.78, 5) is 4.16. The summed E-state index contributed by atoms with van der Waals surface area (Å²) >= 11 is 0. The molecule has 1 atom stereocenters. The number of nitrogens with zero attached hydrogens (tertiary/aromatic N) is 3. The average Bonchev–Trinajstić information content (AvgIpc) is 2.79. The molecule has 4 nitrogen and oxygen atoms in total. The number of aryl methyl sites for hydroxylation is 1. The van der Waals surface area contributed by atoms with E-state index in [0.29, 0.717) is 22.9 Å². The highest BCUT2D eigenvalue weighted by atomic mass is 19.1. The summed E-state index contributed by atoms with van der Waals surface area (Å²) in [6.07, 6.45) is 0.814. The summed E-state index contributed by atoms with van der Waals surface area (Å²) in [5.74, 6) is 0.755. The molecule has 20 heavy (non-hydrogen) atoms. The van der Waals surface area contributed by atoms with Crippen LogP contribution in [0.1, 0.15) is 36.9 Å². The lowest BCUT2D eigenvalue weighted by Gasteiger charge is -2.14. The van der Waals surface area contributed by atoms with E-state index >= 15 is 0 Å². The Labute approximate surface area is 118 Å². The van der Waals surface area contributed by atoms with Crippen LogP contribution >= 0.6 is 0 Å². The van der Waals surface area contributed by atoms with Crippen molar-refractivity contribution >= 4 is 0 Å². The lowest BCUT2D eigenvalue weighted by atomic mass is 10.0. The van der Waals surface area contributed by atoms with Crippen molar-refractivity contribution < 1.29 is 9.50 Å². The van der Waals surface area contributed by atoms with Gasteiger partial charge >= 0.3 is 0 Å². The highest BCUT2D eigenvalue weighted by Gasteiger charge is 2.17. The molecule has 0 saturated heterocycles. The first-order valence-electron chi connectivity index (χ1n) is 6.78. The Balaban J connectivity index is 2.17. The molecule has 1 aromatic carbocycles. The third kappa shape index (κ3) is 3.22. The van der Waals surface area contributed by atoms with E-state index in [1.54, 1.807) is 29.8 Å². The first-order valence-corrected chi connectivity index (χ1v) is 6.78. The Morgan fingerprint density at radius 2 is 2.10 bits per heavy atom. The van der Waals surface area contributed by atoms with E-state index < -0.39 is 6.10 Å². The molecule has 0 radical (unpaired) electrons. The average molecular weight is 277 g/mol. The Morgan fingerprint density at radius 1 is 1.35 bits per heavy atom. The first-order chi connectivity index (χ1) is 9.49. The predicted octanol–water partition coefficient (Wildman–Crippen LogP) is 2.66. The minimum Gasteiger partial charge on any atom is -0.388 e. The van der Waals surface area contributed by atoms with Crippen LogP contribution < -0.4 is 0 Å². The van der Waals surface area contributed by atoms with Gasteiger partial charge in [0.2, 0.25) is 0 Å². The molecule has 0 aliphatic carbocycles. The molecular weight excluding hydrogens is 257 g/mol. The SMILES string of the molecule is Cc1cccc(C(O)Cc2ncnn2CC(C)C)c1F. The minimum absolute atomic E-state index is 0.257. The monoisotopic (exact) mass is 277 g/mol. The molecule has 2 aromatic rings. The molecular formula is C15H20FN3O. The van der Waals surface area contributed by atoms with Crippen molar-refractivity contribution in [1.82, 2.24) is 14.8 Å². The van der Waals surface area contributed by atoms with Crippen molar-refractivity contribution in [2.45, 2.75) is 39.8 Å². The highest BCUT2D eigenvalue weighted by molar-refractivity contribution is 5.27. The third-order valence-corrected chi connectivity index (χ3v) is 3.19. The summed E-state index contributed by atoms with van der Waals surface area (Å²) in [6, 6.07) is 5.04. The molecule has 0 bridgehead atoms. The molecule has 108 valence electrons. The number of hydrogen-bond donors (Lipinski definition) is 1. The molecule has 0 spiro atoms. The molecule has 2 rings (SSSR count). The van der Waals surface area contributed by atoms with Gasteiger partial charge < -0.3 is 5.11 Å². The topological polar surface area (TPSA) is 50.9 Å². The Hall–Kier alpha value is -1.75. The molecule has 0 aliphatic heterocycles. The number of rotatable bonds is 5. The zero-order chi connectivity index (χ0) is 14.7. The highest BCUT2D eigenvalue weighted by Crippen LogP contribution is 2.22. The zero-order valence-corrected chi connectivity index (χ0v) is 12.0. The molecule has 1 unspecified atom stereocenters. The molecule has 0 fully saturated rings. The van der Waals surface area contributed by atoms with Crippen LogP contribution in [0.15, 0.2) is 24.5 Å². The van der Waals surface area contributed by atoms with Gasteiger partial charge in [0.25, 0.3) is 0 Å². The fraction of sp³-hybridized carbons (Fsp3) is 0.467. The van der Waals surface area contributed by atoms with Crippen LogP contribution in [-0.2, 0) is 13.0 Å². The van der Waals surface area contributed by atoms with Crippen LogP contribution in [0, 0.1) is 18.7 Å². The van der Waals surface area contributed by atoms with Gasteiger partial charge in [-0.15, -0.1) is 0 Å². The van der Waals surface area contributed by atoms with Gasteiger partial charge in [-0.05, 0) is 18.4 Å². The lowest BCUT2D eigenvalue weighted by Crippen LogP contribution is -2.14. The summed E-state index contributed by atoms with van der Waals surface area (Å²) in [6.45, 7) is 6.59. The molecule has 5 heteroatoms. The molecule has 0 aliphatic rings. The smallest absolute Gasteiger partial charge is 0.138 e.